The van der Waals surface area contributed by atoms with Gasteiger partial charge in [0.05, 0.1) is 11.3 Å². The molecule has 0 saturated carbocycles. The van der Waals surface area contributed by atoms with Crippen molar-refractivity contribution in [2.75, 3.05) is 10.6 Å². The van der Waals surface area contributed by atoms with E-state index in [0.29, 0.717) is 12.1 Å². The molecule has 0 aliphatic rings. The van der Waals surface area contributed by atoms with Crippen LogP contribution in [0.1, 0.15) is 27.0 Å². The van der Waals surface area contributed by atoms with Crippen molar-refractivity contribution in [1.82, 2.24) is 9.97 Å². The summed E-state index contributed by atoms with van der Waals surface area (Å²) < 4.78 is 0. The fraction of sp³-hybridized carbons (Fsp3) is 0.150. The van der Waals surface area contributed by atoms with E-state index in [-0.39, 0.29) is 5.91 Å². The number of pyridine rings is 2. The third-order valence-corrected chi connectivity index (χ3v) is 3.85. The molecule has 2 heterocycles. The van der Waals surface area contributed by atoms with Crippen molar-refractivity contribution in [3.63, 3.8) is 0 Å². The summed E-state index contributed by atoms with van der Waals surface area (Å²) in [6, 6.07) is 11.6. The second-order valence-electron chi connectivity index (χ2n) is 5.95. The molecular weight excluding hydrogens is 312 g/mol. The maximum absolute atomic E-state index is 12.5. The van der Waals surface area contributed by atoms with Gasteiger partial charge in [-0.3, -0.25) is 14.8 Å². The zero-order valence-electron chi connectivity index (χ0n) is 14.3. The summed E-state index contributed by atoms with van der Waals surface area (Å²) in [6.45, 7) is 4.63. The van der Waals surface area contributed by atoms with E-state index in [1.54, 1.807) is 30.9 Å². The highest BCUT2D eigenvalue weighted by atomic mass is 16.1. The van der Waals surface area contributed by atoms with Crippen LogP contribution in [0.15, 0.2) is 61.2 Å². The molecule has 0 aliphatic carbocycles. The van der Waals surface area contributed by atoms with Gasteiger partial charge in [-0.15, -0.1) is 0 Å². The van der Waals surface area contributed by atoms with E-state index >= 15 is 0 Å². The number of carbonyl (C=O) groups excluding carboxylic acids is 1. The Kier molecular flexibility index (Phi) is 5.04. The standard InChI is InChI=1S/C20H20N4O/c1-14-5-6-19(15(2)8-14)24-20(25)17-9-18(13-22-12-17)23-11-16-4-3-7-21-10-16/h3-10,12-13,23H,11H2,1-2H3,(H,24,25). The Morgan fingerprint density at radius 2 is 1.92 bits per heavy atom. The van der Waals surface area contributed by atoms with Gasteiger partial charge in [0, 0.05) is 37.0 Å². The minimum Gasteiger partial charge on any atom is -0.380 e. The van der Waals surface area contributed by atoms with E-state index in [1.807, 2.05) is 44.2 Å². The molecule has 2 N–H and O–H groups in total. The topological polar surface area (TPSA) is 66.9 Å². The first-order chi connectivity index (χ1) is 12.1. The summed E-state index contributed by atoms with van der Waals surface area (Å²) in [6.07, 6.45) is 6.80. The van der Waals surface area contributed by atoms with Crippen LogP contribution >= 0.6 is 0 Å². The lowest BCUT2D eigenvalue weighted by molar-refractivity contribution is 0.102. The smallest absolute Gasteiger partial charge is 0.257 e. The highest BCUT2D eigenvalue weighted by Gasteiger charge is 2.09. The van der Waals surface area contributed by atoms with Gasteiger partial charge >= 0.3 is 0 Å². The Balaban J connectivity index is 1.69. The third kappa shape index (κ3) is 4.41. The van der Waals surface area contributed by atoms with Crippen LogP contribution in [0.4, 0.5) is 11.4 Å². The largest absolute Gasteiger partial charge is 0.380 e. The van der Waals surface area contributed by atoms with Crippen LogP contribution in [0.3, 0.4) is 0 Å². The number of anilines is 2. The second kappa shape index (κ2) is 7.57. The van der Waals surface area contributed by atoms with Crippen LogP contribution in [0.5, 0.6) is 0 Å². The number of hydrogen-bond acceptors (Lipinski definition) is 4. The van der Waals surface area contributed by atoms with Crippen LogP contribution in [-0.4, -0.2) is 15.9 Å². The first-order valence-corrected chi connectivity index (χ1v) is 8.08. The molecule has 5 nitrogen and oxygen atoms in total. The third-order valence-electron chi connectivity index (χ3n) is 3.85. The molecule has 5 heteroatoms. The Labute approximate surface area is 147 Å². The molecule has 25 heavy (non-hydrogen) atoms. The van der Waals surface area contributed by atoms with E-state index < -0.39 is 0 Å². The molecule has 0 radical (unpaired) electrons. The number of aromatic nitrogens is 2. The molecule has 0 fully saturated rings. The number of aryl methyl sites for hydroxylation is 2. The second-order valence-corrected chi connectivity index (χ2v) is 5.95. The van der Waals surface area contributed by atoms with Gasteiger partial charge in [0.15, 0.2) is 0 Å². The van der Waals surface area contributed by atoms with Crippen molar-refractivity contribution in [2.45, 2.75) is 20.4 Å². The summed E-state index contributed by atoms with van der Waals surface area (Å²) in [7, 11) is 0. The average molecular weight is 332 g/mol. The Bertz CT molecular complexity index is 878. The maximum atomic E-state index is 12.5. The van der Waals surface area contributed by atoms with Gasteiger partial charge in [-0.25, -0.2) is 0 Å². The first-order valence-electron chi connectivity index (χ1n) is 8.08. The number of rotatable bonds is 5. The molecule has 0 bridgehead atoms. The molecule has 0 atom stereocenters. The van der Waals surface area contributed by atoms with Gasteiger partial charge in [0.25, 0.3) is 5.91 Å². The predicted octanol–water partition coefficient (Wildman–Crippen LogP) is 3.96. The zero-order valence-corrected chi connectivity index (χ0v) is 14.3. The van der Waals surface area contributed by atoms with Gasteiger partial charge in [0.1, 0.15) is 0 Å². The number of hydrogen-bond donors (Lipinski definition) is 2. The normalized spacial score (nSPS) is 10.3. The van der Waals surface area contributed by atoms with E-state index in [9.17, 15) is 4.79 Å². The van der Waals surface area contributed by atoms with Gasteiger partial charge in [0.2, 0.25) is 0 Å². The van der Waals surface area contributed by atoms with Crippen molar-refractivity contribution >= 4 is 17.3 Å². The fourth-order valence-corrected chi connectivity index (χ4v) is 2.52. The van der Waals surface area contributed by atoms with Crippen LogP contribution < -0.4 is 10.6 Å². The summed E-state index contributed by atoms with van der Waals surface area (Å²) >= 11 is 0. The molecule has 0 unspecified atom stereocenters. The van der Waals surface area contributed by atoms with Gasteiger partial charge < -0.3 is 10.6 Å². The van der Waals surface area contributed by atoms with Crippen molar-refractivity contribution in [3.05, 3.63) is 83.4 Å². The van der Waals surface area contributed by atoms with E-state index in [1.165, 1.54) is 5.56 Å². The molecule has 3 rings (SSSR count). The highest BCUT2D eigenvalue weighted by Crippen LogP contribution is 2.18. The van der Waals surface area contributed by atoms with Crippen molar-refractivity contribution in [1.29, 1.82) is 0 Å². The van der Waals surface area contributed by atoms with Crippen molar-refractivity contribution < 1.29 is 4.79 Å². The predicted molar refractivity (Wildman–Crippen MR) is 99.7 cm³/mol. The SMILES string of the molecule is Cc1ccc(NC(=O)c2cncc(NCc3cccnc3)c2)c(C)c1. The van der Waals surface area contributed by atoms with Gasteiger partial charge in [-0.05, 0) is 43.2 Å². The minimum absolute atomic E-state index is 0.176. The minimum atomic E-state index is -0.176. The molecule has 3 aromatic rings. The monoisotopic (exact) mass is 332 g/mol. The van der Waals surface area contributed by atoms with E-state index in [2.05, 4.69) is 20.6 Å². The number of carbonyl (C=O) groups is 1. The van der Waals surface area contributed by atoms with Crippen LogP contribution in [0.2, 0.25) is 0 Å². The lowest BCUT2D eigenvalue weighted by atomic mass is 10.1. The quantitative estimate of drug-likeness (QED) is 0.742. The summed E-state index contributed by atoms with van der Waals surface area (Å²) in [5.41, 5.74) is 5.37. The van der Waals surface area contributed by atoms with E-state index in [0.717, 1.165) is 22.5 Å². The number of nitrogens with zero attached hydrogens (tertiary/aromatic N) is 2. The van der Waals surface area contributed by atoms with Crippen LogP contribution in [-0.2, 0) is 6.54 Å². The van der Waals surface area contributed by atoms with E-state index in [4.69, 9.17) is 0 Å². The lowest BCUT2D eigenvalue weighted by Crippen LogP contribution is -2.13. The lowest BCUT2D eigenvalue weighted by Gasteiger charge is -2.10. The van der Waals surface area contributed by atoms with Crippen LogP contribution in [0.25, 0.3) is 0 Å². The summed E-state index contributed by atoms with van der Waals surface area (Å²) in [4.78, 5) is 20.7. The Hall–Kier alpha value is -3.21. The molecule has 0 spiro atoms. The fourth-order valence-electron chi connectivity index (χ4n) is 2.52. The number of amides is 1. The maximum Gasteiger partial charge on any atom is 0.257 e. The van der Waals surface area contributed by atoms with Crippen LogP contribution in [0, 0.1) is 13.8 Å². The van der Waals surface area contributed by atoms with Crippen molar-refractivity contribution in [2.24, 2.45) is 0 Å². The Morgan fingerprint density at radius 1 is 1.04 bits per heavy atom. The summed E-state index contributed by atoms with van der Waals surface area (Å²) in [5.74, 6) is -0.176. The molecule has 0 saturated heterocycles. The molecule has 2 aromatic heterocycles. The average Bonchev–Trinajstić information content (AvgIpc) is 2.63. The van der Waals surface area contributed by atoms with Gasteiger partial charge in [-0.2, -0.15) is 0 Å². The number of benzene rings is 1. The molecule has 1 amide bonds. The zero-order chi connectivity index (χ0) is 17.6. The highest BCUT2D eigenvalue weighted by molar-refractivity contribution is 6.04. The molecule has 1 aromatic carbocycles. The molecule has 126 valence electrons. The summed E-state index contributed by atoms with van der Waals surface area (Å²) in [5, 5.41) is 6.19. The molecular formula is C20H20N4O. The van der Waals surface area contributed by atoms with Gasteiger partial charge in [-0.1, -0.05) is 23.8 Å². The Morgan fingerprint density at radius 3 is 2.68 bits per heavy atom. The first kappa shape index (κ1) is 16.6. The number of nitrogens with one attached hydrogen (secondary N) is 2. The molecule has 0 aliphatic heterocycles. The van der Waals surface area contributed by atoms with Crippen molar-refractivity contribution in [3.8, 4) is 0 Å².